The molecule has 0 radical (unpaired) electrons. The number of aromatic nitrogens is 4. The van der Waals surface area contributed by atoms with E-state index in [2.05, 4.69) is 27.8 Å². The zero-order chi connectivity index (χ0) is 18.6. The van der Waals surface area contributed by atoms with Crippen molar-refractivity contribution in [3.8, 4) is 11.4 Å². The zero-order valence-electron chi connectivity index (χ0n) is 14.9. The molecule has 1 aliphatic carbocycles. The Balaban J connectivity index is 0.000000565. The number of anilines is 1. The molecule has 0 amide bonds. The van der Waals surface area contributed by atoms with Gasteiger partial charge in [0.1, 0.15) is 11.5 Å². The van der Waals surface area contributed by atoms with Gasteiger partial charge in [-0.2, -0.15) is 5.10 Å². The van der Waals surface area contributed by atoms with E-state index in [1.165, 1.54) is 12.8 Å². The summed E-state index contributed by atoms with van der Waals surface area (Å²) >= 11 is 0. The molecule has 1 saturated carbocycles. The Kier molecular flexibility index (Phi) is 5.24. The minimum absolute atomic E-state index is 0.453. The highest BCUT2D eigenvalue weighted by Crippen LogP contribution is 2.39. The van der Waals surface area contributed by atoms with Gasteiger partial charge >= 0.3 is 0 Å². The Labute approximate surface area is 156 Å². The van der Waals surface area contributed by atoms with E-state index in [0.29, 0.717) is 12.0 Å². The van der Waals surface area contributed by atoms with Gasteiger partial charge in [-0.15, -0.1) is 0 Å². The summed E-state index contributed by atoms with van der Waals surface area (Å²) in [6.45, 7) is 0.312. The summed E-state index contributed by atoms with van der Waals surface area (Å²) in [6.07, 6.45) is 5.49. The maximum atomic E-state index is 9.62. The Morgan fingerprint density at radius 3 is 2.74 bits per heavy atom. The lowest BCUT2D eigenvalue weighted by Crippen LogP contribution is -2.22. The molecule has 0 bridgehead atoms. The largest absolute Gasteiger partial charge is 0.366 e. The van der Waals surface area contributed by atoms with Crippen molar-refractivity contribution in [1.29, 1.82) is 0 Å². The Bertz CT molecular complexity index is 902. The van der Waals surface area contributed by atoms with Crippen molar-refractivity contribution in [2.45, 2.75) is 31.2 Å². The summed E-state index contributed by atoms with van der Waals surface area (Å²) < 4.78 is 21.2. The predicted molar refractivity (Wildman–Crippen MR) is 100 cm³/mol. The van der Waals surface area contributed by atoms with Crippen LogP contribution in [0.1, 0.15) is 30.9 Å². The van der Waals surface area contributed by atoms with E-state index in [0.717, 1.165) is 48.1 Å². The van der Waals surface area contributed by atoms with E-state index in [4.69, 9.17) is 10.1 Å². The van der Waals surface area contributed by atoms with Gasteiger partial charge in [-0.25, -0.2) is 23.3 Å². The van der Waals surface area contributed by atoms with Crippen LogP contribution < -0.4 is 10.6 Å². The van der Waals surface area contributed by atoms with Gasteiger partial charge in [-0.05, 0) is 50.1 Å². The van der Waals surface area contributed by atoms with E-state index in [9.17, 15) is 8.78 Å². The number of pyridine rings is 1. The molecular formula is C19H22F2N6. The molecule has 6 nitrogen and oxygen atoms in total. The smallest absolute Gasteiger partial charge is 0.229 e. The number of hydrogen-bond acceptors (Lipinski definition) is 5. The summed E-state index contributed by atoms with van der Waals surface area (Å²) in [5.41, 5.74) is 3.88. The van der Waals surface area contributed by atoms with Crippen LogP contribution in [0.5, 0.6) is 0 Å². The molecule has 2 N–H and O–H groups in total. The van der Waals surface area contributed by atoms with Crippen molar-refractivity contribution in [1.82, 2.24) is 24.9 Å². The fourth-order valence-corrected chi connectivity index (χ4v) is 3.30. The quantitative estimate of drug-likeness (QED) is 0.735. The van der Waals surface area contributed by atoms with Gasteiger partial charge in [0.2, 0.25) is 6.93 Å². The fraction of sp³-hybridized carbons (Fsp3) is 0.421. The minimum Gasteiger partial charge on any atom is -0.366 e. The molecule has 1 aliphatic heterocycles. The first-order valence-corrected chi connectivity index (χ1v) is 9.20. The highest BCUT2D eigenvalue weighted by Gasteiger charge is 2.25. The van der Waals surface area contributed by atoms with Gasteiger partial charge in [-0.1, -0.05) is 6.07 Å². The molecular weight excluding hydrogens is 350 g/mol. The van der Waals surface area contributed by atoms with E-state index in [1.807, 2.05) is 28.9 Å². The number of nitrogens with zero attached hydrogens (tertiary/aromatic N) is 4. The number of fused-ring (bicyclic) bond motifs is 1. The molecule has 4 heterocycles. The Morgan fingerprint density at radius 2 is 2.00 bits per heavy atom. The van der Waals surface area contributed by atoms with Gasteiger partial charge < -0.3 is 10.6 Å². The van der Waals surface area contributed by atoms with Gasteiger partial charge in [-0.3, -0.25) is 0 Å². The van der Waals surface area contributed by atoms with Crippen molar-refractivity contribution in [3.05, 3.63) is 42.2 Å². The Morgan fingerprint density at radius 1 is 1.15 bits per heavy atom. The molecule has 8 heteroatoms. The van der Waals surface area contributed by atoms with Crippen molar-refractivity contribution in [2.24, 2.45) is 0 Å². The molecule has 1 saturated heterocycles. The van der Waals surface area contributed by atoms with Crippen molar-refractivity contribution in [3.63, 3.8) is 0 Å². The van der Waals surface area contributed by atoms with Crippen LogP contribution in [0.25, 0.3) is 17.0 Å². The van der Waals surface area contributed by atoms with Gasteiger partial charge in [0.15, 0.2) is 5.65 Å². The predicted octanol–water partition coefficient (Wildman–Crippen LogP) is 3.33. The highest BCUT2D eigenvalue weighted by molar-refractivity contribution is 5.61. The van der Waals surface area contributed by atoms with Crippen LogP contribution in [-0.4, -0.2) is 45.6 Å². The van der Waals surface area contributed by atoms with Crippen LogP contribution in [0.15, 0.2) is 36.5 Å². The zero-order valence-corrected chi connectivity index (χ0v) is 14.9. The molecule has 27 heavy (non-hydrogen) atoms. The lowest BCUT2D eigenvalue weighted by molar-refractivity contribution is 0.295. The highest BCUT2D eigenvalue weighted by atomic mass is 19.3. The maximum absolute atomic E-state index is 9.62. The molecule has 3 aromatic heterocycles. The molecule has 1 atom stereocenters. The molecule has 1 unspecified atom stereocenters. The summed E-state index contributed by atoms with van der Waals surface area (Å²) in [6, 6.07) is 10.7. The third-order valence-electron chi connectivity index (χ3n) is 4.80. The molecule has 142 valence electrons. The third-order valence-corrected chi connectivity index (χ3v) is 4.80. The monoisotopic (exact) mass is 372 g/mol. The maximum Gasteiger partial charge on any atom is 0.229 e. The number of rotatable bonds is 4. The SMILES string of the molecule is FCF.c1cc(NC2CCNC2)nc(-c2cnc3ccc(C4CC4)nn23)c1. The molecule has 0 spiro atoms. The standard InChI is InChI=1S/C18H20N6.CH2F2/c1-2-15(22-17(3-1)21-13-8-9-19-10-13)16-11-20-18-7-6-14(12-4-5-12)23-24(16)18;2-1-3/h1-3,6-7,11-13,19H,4-5,8-10H2,(H,21,22);1H2. The van der Waals surface area contributed by atoms with E-state index < -0.39 is 6.93 Å². The minimum atomic E-state index is -1.75. The fourth-order valence-electron chi connectivity index (χ4n) is 3.30. The van der Waals surface area contributed by atoms with Crippen LogP contribution in [-0.2, 0) is 0 Å². The molecule has 2 aliphatic rings. The molecule has 3 aromatic rings. The summed E-state index contributed by atoms with van der Waals surface area (Å²) in [5, 5.41) is 11.7. The van der Waals surface area contributed by atoms with Crippen molar-refractivity contribution < 1.29 is 8.78 Å². The number of nitrogens with one attached hydrogen (secondary N) is 2. The molecule has 0 aromatic carbocycles. The number of imidazole rings is 1. The summed E-state index contributed by atoms with van der Waals surface area (Å²) in [5.74, 6) is 1.54. The lowest BCUT2D eigenvalue weighted by Gasteiger charge is -2.12. The first-order valence-electron chi connectivity index (χ1n) is 9.20. The van der Waals surface area contributed by atoms with Crippen molar-refractivity contribution in [2.75, 3.05) is 25.3 Å². The average molecular weight is 372 g/mol. The second kappa shape index (κ2) is 7.96. The second-order valence-corrected chi connectivity index (χ2v) is 6.79. The summed E-state index contributed by atoms with van der Waals surface area (Å²) in [4.78, 5) is 9.26. The summed E-state index contributed by atoms with van der Waals surface area (Å²) in [7, 11) is 0. The van der Waals surface area contributed by atoms with E-state index in [-0.39, 0.29) is 0 Å². The van der Waals surface area contributed by atoms with Gasteiger partial charge in [0.25, 0.3) is 0 Å². The number of hydrogen-bond donors (Lipinski definition) is 2. The van der Waals surface area contributed by atoms with Crippen LogP contribution in [0, 0.1) is 0 Å². The number of alkyl halides is 2. The molecule has 2 fully saturated rings. The average Bonchev–Trinajstić information content (AvgIpc) is 3.24. The van der Waals surface area contributed by atoms with E-state index in [1.54, 1.807) is 0 Å². The van der Waals surface area contributed by atoms with Crippen LogP contribution in [0.2, 0.25) is 0 Å². The lowest BCUT2D eigenvalue weighted by atomic mass is 10.2. The number of halogens is 2. The third kappa shape index (κ3) is 4.05. The van der Waals surface area contributed by atoms with Gasteiger partial charge in [0.05, 0.1) is 17.6 Å². The van der Waals surface area contributed by atoms with Crippen LogP contribution in [0.3, 0.4) is 0 Å². The van der Waals surface area contributed by atoms with Gasteiger partial charge in [0, 0.05) is 18.5 Å². The topological polar surface area (TPSA) is 67.1 Å². The first-order chi connectivity index (χ1) is 13.3. The molecule has 5 rings (SSSR count). The van der Waals surface area contributed by atoms with Crippen LogP contribution in [0.4, 0.5) is 14.6 Å². The first kappa shape index (κ1) is 17.8. The van der Waals surface area contributed by atoms with E-state index >= 15 is 0 Å². The Hall–Kier alpha value is -2.61. The van der Waals surface area contributed by atoms with Crippen LogP contribution >= 0.6 is 0 Å². The van der Waals surface area contributed by atoms with Crippen molar-refractivity contribution >= 4 is 11.5 Å². The second-order valence-electron chi connectivity index (χ2n) is 6.79. The normalized spacial score (nSPS) is 19.0.